The van der Waals surface area contributed by atoms with E-state index in [-0.39, 0.29) is 11.8 Å². The summed E-state index contributed by atoms with van der Waals surface area (Å²) in [6, 6.07) is 0. The van der Waals surface area contributed by atoms with Crippen molar-refractivity contribution in [3.8, 4) is 0 Å². The third kappa shape index (κ3) is 3.21. The molecule has 96 valence electrons. The van der Waals surface area contributed by atoms with E-state index < -0.39 is 6.17 Å². The Morgan fingerprint density at radius 1 is 1.47 bits per heavy atom. The van der Waals surface area contributed by atoms with Crippen molar-refractivity contribution in [2.24, 2.45) is 22.2 Å². The highest BCUT2D eigenvalue weighted by atomic mass is 32.2. The van der Waals surface area contributed by atoms with Gasteiger partial charge in [-0.3, -0.25) is 4.79 Å². The highest BCUT2D eigenvalue weighted by Gasteiger charge is 2.46. The Labute approximate surface area is 106 Å². The molecule has 1 heterocycles. The Morgan fingerprint density at radius 2 is 2.18 bits per heavy atom. The molecule has 0 aromatic heterocycles. The van der Waals surface area contributed by atoms with E-state index >= 15 is 0 Å². The van der Waals surface area contributed by atoms with Gasteiger partial charge in [0.15, 0.2) is 0 Å². The number of likely N-dealkylation sites (tertiary alicyclic amines) is 1. The molecule has 2 aliphatic rings. The van der Waals surface area contributed by atoms with E-state index in [0.29, 0.717) is 24.8 Å². The summed E-state index contributed by atoms with van der Waals surface area (Å²) >= 11 is 1.43. The summed E-state index contributed by atoms with van der Waals surface area (Å²) in [6.07, 6.45) is 4.45. The lowest BCUT2D eigenvalue weighted by atomic mass is 9.91. The lowest BCUT2D eigenvalue weighted by Crippen LogP contribution is -2.44. The van der Waals surface area contributed by atoms with Crippen LogP contribution >= 0.6 is 11.9 Å². The lowest BCUT2D eigenvalue weighted by Gasteiger charge is -2.35. The van der Waals surface area contributed by atoms with Gasteiger partial charge in [-0.15, -0.1) is 0 Å². The second-order valence-electron chi connectivity index (χ2n) is 5.14. The maximum atomic E-state index is 12.9. The summed E-state index contributed by atoms with van der Waals surface area (Å²) in [4.78, 5) is 13.8. The Bertz CT molecular complexity index is 324. The van der Waals surface area contributed by atoms with Crippen molar-refractivity contribution in [3.05, 3.63) is 0 Å². The molecule has 0 radical (unpaired) electrons. The first-order chi connectivity index (χ1) is 8.11. The molecule has 3 nitrogen and oxygen atoms in total. The Hall–Kier alpha value is -0.580. The van der Waals surface area contributed by atoms with Gasteiger partial charge in [-0.1, -0.05) is 6.92 Å². The highest BCUT2D eigenvalue weighted by Crippen LogP contribution is 2.36. The predicted molar refractivity (Wildman–Crippen MR) is 68.9 cm³/mol. The molecular formula is C12H19FN2OS. The molecule has 1 amide bonds. The first kappa shape index (κ1) is 12.9. The highest BCUT2D eigenvalue weighted by molar-refractivity contribution is 7.97. The van der Waals surface area contributed by atoms with Gasteiger partial charge < -0.3 is 4.90 Å². The first-order valence-electron chi connectivity index (χ1n) is 6.11. The number of halogens is 1. The third-order valence-corrected chi connectivity index (χ3v) is 3.74. The number of hydrogen-bond donors (Lipinski definition) is 0. The van der Waals surface area contributed by atoms with E-state index in [1.54, 1.807) is 0 Å². The van der Waals surface area contributed by atoms with Gasteiger partial charge in [0.2, 0.25) is 5.91 Å². The average molecular weight is 258 g/mol. The zero-order chi connectivity index (χ0) is 12.4. The van der Waals surface area contributed by atoms with Crippen molar-refractivity contribution in [1.29, 1.82) is 0 Å². The van der Waals surface area contributed by atoms with Crippen LogP contribution in [0, 0.1) is 17.8 Å². The number of carbonyl (C=O) groups excluding carboxylic acids is 1. The molecule has 4 atom stereocenters. The second-order valence-corrected chi connectivity index (χ2v) is 5.72. The van der Waals surface area contributed by atoms with Gasteiger partial charge in [-0.2, -0.15) is 0 Å². The third-order valence-electron chi connectivity index (χ3n) is 3.41. The van der Waals surface area contributed by atoms with E-state index in [0.717, 1.165) is 13.0 Å². The van der Waals surface area contributed by atoms with Crippen LogP contribution in [0.25, 0.3) is 0 Å². The molecule has 0 aromatic rings. The van der Waals surface area contributed by atoms with E-state index in [4.69, 9.17) is 0 Å². The standard InChI is InChI=1S/C12H19FN2OS/c1-8-3-9(5-14-17-2)7-15(6-8)12(16)10-4-11(10)13/h5,8-11H,3-4,6-7H2,1-2H3/b14-5+/t8-,9?,10+,11?/m0/s1. The zero-order valence-corrected chi connectivity index (χ0v) is 11.1. The van der Waals surface area contributed by atoms with Crippen LogP contribution in [-0.2, 0) is 4.79 Å². The molecular weight excluding hydrogens is 239 g/mol. The number of rotatable bonds is 3. The quantitative estimate of drug-likeness (QED) is 0.574. The molecule has 0 spiro atoms. The maximum Gasteiger partial charge on any atom is 0.228 e. The van der Waals surface area contributed by atoms with Crippen molar-refractivity contribution < 1.29 is 9.18 Å². The SMILES string of the molecule is CS/N=C/C1C[C@H](C)CN(C(=O)[C@@H]2CC2F)C1. The number of alkyl halides is 1. The number of hydrogen-bond acceptors (Lipinski definition) is 3. The van der Waals surface area contributed by atoms with Crippen LogP contribution in [0.5, 0.6) is 0 Å². The molecule has 1 aliphatic carbocycles. The van der Waals surface area contributed by atoms with Gasteiger partial charge >= 0.3 is 0 Å². The molecule has 1 aliphatic heterocycles. The summed E-state index contributed by atoms with van der Waals surface area (Å²) in [5, 5.41) is 0. The van der Waals surface area contributed by atoms with Crippen molar-refractivity contribution >= 4 is 24.1 Å². The fourth-order valence-corrected chi connectivity index (χ4v) is 2.78. The first-order valence-corrected chi connectivity index (χ1v) is 7.29. The average Bonchev–Trinajstić information content (AvgIpc) is 3.02. The van der Waals surface area contributed by atoms with E-state index in [9.17, 15) is 9.18 Å². The molecule has 1 saturated heterocycles. The van der Waals surface area contributed by atoms with Gasteiger partial charge in [0, 0.05) is 31.5 Å². The minimum Gasteiger partial charge on any atom is -0.341 e. The second kappa shape index (κ2) is 5.38. The minimum absolute atomic E-state index is 0.00611. The summed E-state index contributed by atoms with van der Waals surface area (Å²) < 4.78 is 17.1. The summed E-state index contributed by atoms with van der Waals surface area (Å²) in [7, 11) is 0. The largest absolute Gasteiger partial charge is 0.341 e. The van der Waals surface area contributed by atoms with Crippen molar-refractivity contribution in [1.82, 2.24) is 4.90 Å². The summed E-state index contributed by atoms with van der Waals surface area (Å²) in [6.45, 7) is 3.61. The maximum absolute atomic E-state index is 12.9. The van der Waals surface area contributed by atoms with Gasteiger partial charge in [-0.25, -0.2) is 8.79 Å². The van der Waals surface area contributed by atoms with Crippen LogP contribution in [0.15, 0.2) is 4.40 Å². The van der Waals surface area contributed by atoms with Crippen LogP contribution < -0.4 is 0 Å². The van der Waals surface area contributed by atoms with Crippen molar-refractivity contribution in [2.75, 3.05) is 19.3 Å². The van der Waals surface area contributed by atoms with Gasteiger partial charge in [0.05, 0.1) is 5.92 Å². The molecule has 2 rings (SSSR count). The molecule has 0 bridgehead atoms. The van der Waals surface area contributed by atoms with Gasteiger partial charge in [0.25, 0.3) is 0 Å². The van der Waals surface area contributed by atoms with E-state index in [1.807, 2.05) is 17.4 Å². The molecule has 2 unspecified atom stereocenters. The Morgan fingerprint density at radius 3 is 2.76 bits per heavy atom. The molecule has 17 heavy (non-hydrogen) atoms. The Kier molecular flexibility index (Phi) is 4.07. The normalized spacial score (nSPS) is 37.5. The topological polar surface area (TPSA) is 32.7 Å². The number of piperidine rings is 1. The number of nitrogens with zero attached hydrogens (tertiary/aromatic N) is 2. The van der Waals surface area contributed by atoms with E-state index in [2.05, 4.69) is 11.3 Å². The molecule has 0 aromatic carbocycles. The van der Waals surface area contributed by atoms with Gasteiger partial charge in [0.1, 0.15) is 6.17 Å². The van der Waals surface area contributed by atoms with Crippen molar-refractivity contribution in [3.63, 3.8) is 0 Å². The van der Waals surface area contributed by atoms with Crippen LogP contribution in [0.2, 0.25) is 0 Å². The molecule has 1 saturated carbocycles. The zero-order valence-electron chi connectivity index (χ0n) is 10.3. The predicted octanol–water partition coefficient (Wildman–Crippen LogP) is 2.18. The summed E-state index contributed by atoms with van der Waals surface area (Å²) in [5.41, 5.74) is 0. The molecule has 5 heteroatoms. The smallest absolute Gasteiger partial charge is 0.228 e. The van der Waals surface area contributed by atoms with Crippen LogP contribution in [0.3, 0.4) is 0 Å². The van der Waals surface area contributed by atoms with Crippen LogP contribution in [0.4, 0.5) is 4.39 Å². The van der Waals surface area contributed by atoms with E-state index in [1.165, 1.54) is 11.9 Å². The number of carbonyl (C=O) groups is 1. The Balaban J connectivity index is 1.93. The molecule has 0 N–H and O–H groups in total. The summed E-state index contributed by atoms with van der Waals surface area (Å²) in [5.74, 6) is 0.458. The van der Waals surface area contributed by atoms with Crippen molar-refractivity contribution in [2.45, 2.75) is 25.9 Å². The lowest BCUT2D eigenvalue weighted by molar-refractivity contribution is -0.135. The molecule has 2 fully saturated rings. The fraction of sp³-hybridized carbons (Fsp3) is 0.833. The van der Waals surface area contributed by atoms with Crippen LogP contribution in [0.1, 0.15) is 19.8 Å². The van der Waals surface area contributed by atoms with Gasteiger partial charge in [-0.05, 0) is 30.7 Å². The number of amides is 1. The van der Waals surface area contributed by atoms with Crippen LogP contribution in [-0.4, -0.2) is 42.5 Å². The monoisotopic (exact) mass is 258 g/mol. The minimum atomic E-state index is -0.891. The fourth-order valence-electron chi connectivity index (χ4n) is 2.49.